The van der Waals surface area contributed by atoms with E-state index in [1.807, 2.05) is 0 Å². The summed E-state index contributed by atoms with van der Waals surface area (Å²) in [5, 5.41) is 6.65. The molecular formula is C20H36IN3O3. The molecule has 1 aromatic carbocycles. The summed E-state index contributed by atoms with van der Waals surface area (Å²) in [6, 6.07) is 6.31. The Morgan fingerprint density at radius 1 is 1.19 bits per heavy atom. The summed E-state index contributed by atoms with van der Waals surface area (Å²) in [7, 11) is 3.45. The Morgan fingerprint density at radius 2 is 1.96 bits per heavy atom. The normalized spacial score (nSPS) is 12.3. The minimum Gasteiger partial charge on any atom is -0.490 e. The molecular weight excluding hydrogens is 457 g/mol. The van der Waals surface area contributed by atoms with Gasteiger partial charge in [0.05, 0.1) is 19.3 Å². The van der Waals surface area contributed by atoms with Crippen molar-refractivity contribution in [2.24, 2.45) is 4.99 Å². The summed E-state index contributed by atoms with van der Waals surface area (Å²) in [6.45, 7) is 9.74. The number of hydrogen-bond acceptors (Lipinski definition) is 4. The number of guanidine groups is 1. The Labute approximate surface area is 181 Å². The van der Waals surface area contributed by atoms with Gasteiger partial charge in [0, 0.05) is 39.4 Å². The van der Waals surface area contributed by atoms with Crippen LogP contribution in [0.25, 0.3) is 0 Å². The van der Waals surface area contributed by atoms with Crippen LogP contribution in [0, 0.1) is 6.92 Å². The van der Waals surface area contributed by atoms with Crippen molar-refractivity contribution in [1.29, 1.82) is 0 Å². The van der Waals surface area contributed by atoms with Crippen LogP contribution in [0.5, 0.6) is 5.75 Å². The highest BCUT2D eigenvalue weighted by molar-refractivity contribution is 14.0. The van der Waals surface area contributed by atoms with E-state index in [-0.39, 0.29) is 30.1 Å². The fourth-order valence-corrected chi connectivity index (χ4v) is 2.24. The number of nitrogens with one attached hydrogen (secondary N) is 2. The molecule has 0 saturated carbocycles. The van der Waals surface area contributed by atoms with Crippen LogP contribution in [0.15, 0.2) is 23.2 Å². The average Bonchev–Trinajstić information content (AvgIpc) is 2.64. The second kappa shape index (κ2) is 15.9. The molecule has 1 aromatic rings. The van der Waals surface area contributed by atoms with Crippen LogP contribution in [-0.4, -0.2) is 52.6 Å². The SMILES string of the molecule is CCC(C)Oc1cc(C)ccc1CNC(=NC)NCCCOCCOC.I. The van der Waals surface area contributed by atoms with Gasteiger partial charge in [-0.05, 0) is 38.3 Å². The van der Waals surface area contributed by atoms with E-state index in [1.54, 1.807) is 14.2 Å². The number of nitrogens with zero attached hydrogens (tertiary/aromatic N) is 1. The molecule has 0 aromatic heterocycles. The maximum atomic E-state index is 6.06. The highest BCUT2D eigenvalue weighted by atomic mass is 127. The Hall–Kier alpha value is -1.06. The van der Waals surface area contributed by atoms with E-state index in [0.717, 1.165) is 36.7 Å². The lowest BCUT2D eigenvalue weighted by Crippen LogP contribution is -2.37. The summed E-state index contributed by atoms with van der Waals surface area (Å²) < 4.78 is 16.5. The molecule has 156 valence electrons. The number of methoxy groups -OCH3 is 1. The fourth-order valence-electron chi connectivity index (χ4n) is 2.24. The molecule has 0 saturated heterocycles. The van der Waals surface area contributed by atoms with Crippen LogP contribution >= 0.6 is 24.0 Å². The first-order valence-corrected chi connectivity index (χ1v) is 9.38. The van der Waals surface area contributed by atoms with Crippen molar-refractivity contribution in [2.75, 3.05) is 40.5 Å². The lowest BCUT2D eigenvalue weighted by atomic mass is 10.1. The second-order valence-corrected chi connectivity index (χ2v) is 6.26. The summed E-state index contributed by atoms with van der Waals surface area (Å²) in [5.41, 5.74) is 2.32. The molecule has 0 heterocycles. The number of rotatable bonds is 12. The molecule has 6 nitrogen and oxygen atoms in total. The summed E-state index contributed by atoms with van der Waals surface area (Å²) in [6.07, 6.45) is 2.10. The third-order valence-corrected chi connectivity index (χ3v) is 3.99. The van der Waals surface area contributed by atoms with Gasteiger partial charge in [0.15, 0.2) is 5.96 Å². The van der Waals surface area contributed by atoms with Crippen LogP contribution < -0.4 is 15.4 Å². The maximum Gasteiger partial charge on any atom is 0.191 e. The van der Waals surface area contributed by atoms with E-state index in [0.29, 0.717) is 26.4 Å². The van der Waals surface area contributed by atoms with Gasteiger partial charge in [0.25, 0.3) is 0 Å². The van der Waals surface area contributed by atoms with Gasteiger partial charge in [-0.3, -0.25) is 4.99 Å². The smallest absolute Gasteiger partial charge is 0.191 e. The molecule has 1 rings (SSSR count). The first kappa shape index (κ1) is 25.9. The first-order valence-electron chi connectivity index (χ1n) is 9.38. The molecule has 0 aliphatic carbocycles. The average molecular weight is 493 g/mol. The summed E-state index contributed by atoms with van der Waals surface area (Å²) >= 11 is 0. The molecule has 27 heavy (non-hydrogen) atoms. The number of hydrogen-bond donors (Lipinski definition) is 2. The lowest BCUT2D eigenvalue weighted by Gasteiger charge is -2.18. The Morgan fingerprint density at radius 3 is 2.63 bits per heavy atom. The van der Waals surface area contributed by atoms with E-state index < -0.39 is 0 Å². The molecule has 1 unspecified atom stereocenters. The molecule has 1 atom stereocenters. The molecule has 7 heteroatoms. The van der Waals surface area contributed by atoms with Crippen LogP contribution in [0.2, 0.25) is 0 Å². The van der Waals surface area contributed by atoms with Crippen molar-refractivity contribution in [1.82, 2.24) is 10.6 Å². The van der Waals surface area contributed by atoms with E-state index in [9.17, 15) is 0 Å². The van der Waals surface area contributed by atoms with Crippen LogP contribution in [-0.2, 0) is 16.0 Å². The zero-order valence-electron chi connectivity index (χ0n) is 17.3. The van der Waals surface area contributed by atoms with Crippen molar-refractivity contribution in [3.8, 4) is 5.75 Å². The summed E-state index contributed by atoms with van der Waals surface area (Å²) in [4.78, 5) is 4.27. The highest BCUT2D eigenvalue weighted by Gasteiger charge is 2.08. The number of aliphatic imine (C=N–C) groups is 1. The second-order valence-electron chi connectivity index (χ2n) is 6.26. The number of aryl methyl sites for hydroxylation is 1. The topological polar surface area (TPSA) is 64.1 Å². The third-order valence-electron chi connectivity index (χ3n) is 3.99. The van der Waals surface area contributed by atoms with Gasteiger partial charge in [-0.1, -0.05) is 19.1 Å². The number of halogens is 1. The predicted octanol–water partition coefficient (Wildman–Crippen LogP) is 3.51. The maximum absolute atomic E-state index is 6.06. The quantitative estimate of drug-likeness (QED) is 0.202. The fraction of sp³-hybridized carbons (Fsp3) is 0.650. The Balaban J connectivity index is 0.00000676. The van der Waals surface area contributed by atoms with Crippen LogP contribution in [0.1, 0.15) is 37.8 Å². The summed E-state index contributed by atoms with van der Waals surface area (Å²) in [5.74, 6) is 1.71. The number of benzene rings is 1. The van der Waals surface area contributed by atoms with E-state index in [2.05, 4.69) is 54.6 Å². The molecule has 0 fully saturated rings. The predicted molar refractivity (Wildman–Crippen MR) is 122 cm³/mol. The van der Waals surface area contributed by atoms with Gasteiger partial charge in [-0.15, -0.1) is 24.0 Å². The minimum atomic E-state index is 0. The van der Waals surface area contributed by atoms with Crippen molar-refractivity contribution < 1.29 is 14.2 Å². The van der Waals surface area contributed by atoms with E-state index in [1.165, 1.54) is 5.56 Å². The minimum absolute atomic E-state index is 0. The molecule has 0 aliphatic rings. The van der Waals surface area contributed by atoms with Crippen LogP contribution in [0.3, 0.4) is 0 Å². The first-order chi connectivity index (χ1) is 12.6. The van der Waals surface area contributed by atoms with Crippen molar-refractivity contribution in [3.05, 3.63) is 29.3 Å². The van der Waals surface area contributed by atoms with Gasteiger partial charge in [0.2, 0.25) is 0 Å². The van der Waals surface area contributed by atoms with Gasteiger partial charge < -0.3 is 24.8 Å². The van der Waals surface area contributed by atoms with Crippen molar-refractivity contribution >= 4 is 29.9 Å². The molecule has 0 spiro atoms. The molecule has 2 N–H and O–H groups in total. The number of ether oxygens (including phenoxy) is 3. The monoisotopic (exact) mass is 493 g/mol. The van der Waals surface area contributed by atoms with Crippen LogP contribution in [0.4, 0.5) is 0 Å². The standard InChI is InChI=1S/C20H35N3O3.HI/c1-6-17(3)26-19-14-16(2)8-9-18(19)15-23-20(21-4)22-10-7-11-25-13-12-24-5;/h8-9,14,17H,6-7,10-13,15H2,1-5H3,(H2,21,22,23);1H. The van der Waals surface area contributed by atoms with Gasteiger partial charge in [0.1, 0.15) is 5.75 Å². The van der Waals surface area contributed by atoms with Gasteiger partial charge in [-0.2, -0.15) is 0 Å². The molecule has 0 radical (unpaired) electrons. The zero-order valence-corrected chi connectivity index (χ0v) is 19.7. The molecule has 0 amide bonds. The van der Waals surface area contributed by atoms with Crippen molar-refractivity contribution in [3.63, 3.8) is 0 Å². The van der Waals surface area contributed by atoms with Gasteiger partial charge in [-0.25, -0.2) is 0 Å². The zero-order chi connectivity index (χ0) is 19.2. The largest absolute Gasteiger partial charge is 0.490 e. The van der Waals surface area contributed by atoms with E-state index in [4.69, 9.17) is 14.2 Å². The van der Waals surface area contributed by atoms with E-state index >= 15 is 0 Å². The Bertz CT molecular complexity index is 541. The molecule has 0 bridgehead atoms. The molecule has 0 aliphatic heterocycles. The van der Waals surface area contributed by atoms with Gasteiger partial charge >= 0.3 is 0 Å². The lowest BCUT2D eigenvalue weighted by molar-refractivity contribution is 0.0698. The van der Waals surface area contributed by atoms with Crippen molar-refractivity contribution in [2.45, 2.75) is 46.3 Å². The third kappa shape index (κ3) is 11.4. The Kier molecular flexibility index (Phi) is 15.3. The highest BCUT2D eigenvalue weighted by Crippen LogP contribution is 2.22.